The highest BCUT2D eigenvalue weighted by molar-refractivity contribution is 5.88. The standard InChI is InChI=1S/C28H30O7/c1-4-17(2)27(32)34-24-14-20-22(15-23-25(26(20)31)21(30)13-19(16-29)33-23)35-28(24,3)12-8-11-18-9-6-5-7-10-18/h4-7,9-10,13,15,24,29,31H,8,11-12,14,16H2,1-3H3. The summed E-state index contributed by atoms with van der Waals surface area (Å²) in [7, 11) is 0. The van der Waals surface area contributed by atoms with Gasteiger partial charge in [-0.05, 0) is 45.6 Å². The van der Waals surface area contributed by atoms with Gasteiger partial charge in [0.2, 0.25) is 0 Å². The number of aliphatic hydroxyl groups excluding tert-OH is 1. The van der Waals surface area contributed by atoms with E-state index < -0.39 is 29.7 Å². The molecule has 0 bridgehead atoms. The third kappa shape index (κ3) is 4.95. The molecular weight excluding hydrogens is 448 g/mol. The van der Waals surface area contributed by atoms with Gasteiger partial charge in [-0.2, -0.15) is 0 Å². The molecule has 2 atom stereocenters. The van der Waals surface area contributed by atoms with Gasteiger partial charge in [0.25, 0.3) is 0 Å². The fourth-order valence-electron chi connectivity index (χ4n) is 4.46. The summed E-state index contributed by atoms with van der Waals surface area (Å²) in [4.78, 5) is 25.3. The Morgan fingerprint density at radius 1 is 1.26 bits per heavy atom. The van der Waals surface area contributed by atoms with Crippen molar-refractivity contribution in [1.29, 1.82) is 0 Å². The summed E-state index contributed by atoms with van der Waals surface area (Å²) in [6.07, 6.45) is 3.40. The Morgan fingerprint density at radius 2 is 2.00 bits per heavy atom. The fraction of sp³-hybridized carbons (Fsp3) is 0.357. The van der Waals surface area contributed by atoms with Crippen molar-refractivity contribution in [2.75, 3.05) is 0 Å². The average Bonchev–Trinajstić information content (AvgIpc) is 2.84. The molecule has 7 heteroatoms. The van der Waals surface area contributed by atoms with Crippen molar-refractivity contribution in [3.63, 3.8) is 0 Å². The second-order valence-electron chi connectivity index (χ2n) is 9.13. The zero-order chi connectivity index (χ0) is 25.2. The Bertz CT molecular complexity index is 1320. The van der Waals surface area contributed by atoms with Crippen LogP contribution in [0, 0.1) is 0 Å². The molecule has 0 amide bonds. The highest BCUT2D eigenvalue weighted by atomic mass is 16.6. The molecule has 3 aromatic rings. The minimum Gasteiger partial charge on any atom is -0.507 e. The Balaban J connectivity index is 1.71. The third-order valence-electron chi connectivity index (χ3n) is 6.66. The molecule has 7 nitrogen and oxygen atoms in total. The molecule has 2 N–H and O–H groups in total. The number of phenolic OH excluding ortho intramolecular Hbond substituents is 1. The number of carbonyl (C=O) groups is 1. The number of rotatable bonds is 7. The zero-order valence-corrected chi connectivity index (χ0v) is 20.2. The summed E-state index contributed by atoms with van der Waals surface area (Å²) < 4.78 is 17.9. The number of aryl methyl sites for hydroxylation is 1. The van der Waals surface area contributed by atoms with Crippen LogP contribution < -0.4 is 10.2 Å². The Labute approximate surface area is 203 Å². The minimum absolute atomic E-state index is 0.00643. The maximum absolute atomic E-state index is 12.7. The first kappa shape index (κ1) is 24.5. The summed E-state index contributed by atoms with van der Waals surface area (Å²) in [6.45, 7) is 4.90. The predicted octanol–water partition coefficient (Wildman–Crippen LogP) is 4.59. The Hall–Kier alpha value is -3.58. The number of esters is 1. The predicted molar refractivity (Wildman–Crippen MR) is 131 cm³/mol. The van der Waals surface area contributed by atoms with E-state index in [9.17, 15) is 19.8 Å². The molecule has 0 saturated carbocycles. The van der Waals surface area contributed by atoms with Crippen LogP contribution in [0.25, 0.3) is 11.0 Å². The molecule has 2 heterocycles. The number of carbonyl (C=O) groups excluding carboxylic acids is 1. The first-order chi connectivity index (χ1) is 16.8. The van der Waals surface area contributed by atoms with Crippen LogP contribution in [0.5, 0.6) is 11.5 Å². The maximum atomic E-state index is 12.7. The SMILES string of the molecule is CC=C(C)C(=O)OC1Cc2c(cc3oc(CO)cc(=O)c3c2O)OC1(C)CCCc1ccccc1. The molecule has 1 aliphatic heterocycles. The highest BCUT2D eigenvalue weighted by Crippen LogP contribution is 2.44. The molecule has 0 saturated heterocycles. The van der Waals surface area contributed by atoms with E-state index in [0.29, 0.717) is 23.3 Å². The lowest BCUT2D eigenvalue weighted by molar-refractivity contribution is -0.159. The largest absolute Gasteiger partial charge is 0.507 e. The molecule has 35 heavy (non-hydrogen) atoms. The van der Waals surface area contributed by atoms with Crippen LogP contribution in [0.2, 0.25) is 0 Å². The number of aliphatic hydroxyl groups is 1. The molecule has 2 unspecified atom stereocenters. The van der Waals surface area contributed by atoms with Crippen molar-refractivity contribution in [3.8, 4) is 11.5 Å². The normalized spacial score (nSPS) is 19.8. The molecule has 4 rings (SSSR count). The van der Waals surface area contributed by atoms with Crippen LogP contribution >= 0.6 is 0 Å². The van der Waals surface area contributed by atoms with Gasteiger partial charge in [0.05, 0.1) is 0 Å². The third-order valence-corrected chi connectivity index (χ3v) is 6.66. The minimum atomic E-state index is -0.875. The lowest BCUT2D eigenvalue weighted by Gasteiger charge is -2.42. The van der Waals surface area contributed by atoms with Crippen molar-refractivity contribution >= 4 is 16.9 Å². The van der Waals surface area contributed by atoms with E-state index >= 15 is 0 Å². The molecule has 0 radical (unpaired) electrons. The number of phenols is 1. The number of ether oxygens (including phenoxy) is 2. The van der Waals surface area contributed by atoms with Gasteiger partial charge in [-0.15, -0.1) is 0 Å². The number of benzene rings is 2. The molecule has 0 fully saturated rings. The fourth-order valence-corrected chi connectivity index (χ4v) is 4.46. The van der Waals surface area contributed by atoms with Gasteiger partial charge in [-0.25, -0.2) is 4.79 Å². The van der Waals surface area contributed by atoms with E-state index in [1.807, 2.05) is 25.1 Å². The topological polar surface area (TPSA) is 106 Å². The van der Waals surface area contributed by atoms with Crippen molar-refractivity contribution in [2.24, 2.45) is 0 Å². The molecule has 0 spiro atoms. The van der Waals surface area contributed by atoms with Gasteiger partial charge < -0.3 is 24.1 Å². The summed E-state index contributed by atoms with van der Waals surface area (Å²) in [5, 5.41) is 20.4. The average molecular weight is 479 g/mol. The van der Waals surface area contributed by atoms with Crippen LogP contribution in [-0.4, -0.2) is 27.9 Å². The number of aromatic hydroxyl groups is 1. The van der Waals surface area contributed by atoms with Gasteiger partial charge in [0.15, 0.2) is 5.43 Å². The summed E-state index contributed by atoms with van der Waals surface area (Å²) in [5.74, 6) is -0.250. The number of hydrogen-bond donors (Lipinski definition) is 2. The van der Waals surface area contributed by atoms with E-state index in [0.717, 1.165) is 18.9 Å². The first-order valence-corrected chi connectivity index (χ1v) is 11.7. The zero-order valence-electron chi connectivity index (χ0n) is 20.2. The van der Waals surface area contributed by atoms with Gasteiger partial charge in [0, 0.05) is 29.7 Å². The van der Waals surface area contributed by atoms with E-state index in [2.05, 4.69) is 12.1 Å². The van der Waals surface area contributed by atoms with Crippen LogP contribution in [0.15, 0.2) is 63.3 Å². The number of hydrogen-bond acceptors (Lipinski definition) is 7. The van der Waals surface area contributed by atoms with E-state index in [1.54, 1.807) is 26.0 Å². The van der Waals surface area contributed by atoms with Gasteiger partial charge in [-0.3, -0.25) is 4.79 Å². The van der Waals surface area contributed by atoms with Crippen LogP contribution in [0.4, 0.5) is 0 Å². The molecule has 2 aromatic carbocycles. The van der Waals surface area contributed by atoms with E-state index in [-0.39, 0.29) is 28.9 Å². The summed E-state index contributed by atoms with van der Waals surface area (Å²) in [6, 6.07) is 12.8. The molecule has 1 aliphatic rings. The summed E-state index contributed by atoms with van der Waals surface area (Å²) >= 11 is 0. The van der Waals surface area contributed by atoms with Crippen molar-refractivity contribution < 1.29 is 28.9 Å². The van der Waals surface area contributed by atoms with Gasteiger partial charge in [0.1, 0.15) is 46.5 Å². The Morgan fingerprint density at radius 3 is 2.69 bits per heavy atom. The lowest BCUT2D eigenvalue weighted by atomic mass is 9.84. The van der Waals surface area contributed by atoms with Crippen LogP contribution in [-0.2, 0) is 29.0 Å². The molecule has 1 aromatic heterocycles. The number of fused-ring (bicyclic) bond motifs is 2. The molecule has 184 valence electrons. The Kier molecular flexibility index (Phi) is 6.98. The van der Waals surface area contributed by atoms with Crippen LogP contribution in [0.3, 0.4) is 0 Å². The smallest absolute Gasteiger partial charge is 0.333 e. The van der Waals surface area contributed by atoms with Crippen molar-refractivity contribution in [3.05, 3.63) is 81.2 Å². The maximum Gasteiger partial charge on any atom is 0.333 e. The van der Waals surface area contributed by atoms with Gasteiger partial charge >= 0.3 is 5.97 Å². The van der Waals surface area contributed by atoms with Crippen molar-refractivity contribution in [2.45, 2.75) is 64.8 Å². The second-order valence-corrected chi connectivity index (χ2v) is 9.13. The van der Waals surface area contributed by atoms with E-state index in [4.69, 9.17) is 13.9 Å². The van der Waals surface area contributed by atoms with Crippen molar-refractivity contribution in [1.82, 2.24) is 0 Å². The van der Waals surface area contributed by atoms with Crippen LogP contribution in [0.1, 0.15) is 50.5 Å². The van der Waals surface area contributed by atoms with Gasteiger partial charge in [-0.1, -0.05) is 36.4 Å². The number of allylic oxidation sites excluding steroid dienone is 1. The monoisotopic (exact) mass is 478 g/mol. The quantitative estimate of drug-likeness (QED) is 0.378. The second kappa shape index (κ2) is 9.96. The summed E-state index contributed by atoms with van der Waals surface area (Å²) in [5.41, 5.74) is 0.850. The lowest BCUT2D eigenvalue weighted by Crippen LogP contribution is -2.51. The molecule has 0 aliphatic carbocycles. The molecular formula is C28H30O7. The first-order valence-electron chi connectivity index (χ1n) is 11.7. The van der Waals surface area contributed by atoms with E-state index in [1.165, 1.54) is 5.56 Å². The highest BCUT2D eigenvalue weighted by Gasteiger charge is 2.44.